The molecule has 0 aromatic carbocycles. The van der Waals surface area contributed by atoms with Gasteiger partial charge in [0.2, 0.25) is 0 Å². The van der Waals surface area contributed by atoms with E-state index in [0.717, 1.165) is 24.0 Å². The number of aromatic amines is 1. The average Bonchev–Trinajstić information content (AvgIpc) is 2.93. The summed E-state index contributed by atoms with van der Waals surface area (Å²) in [5.41, 5.74) is -1.12. The highest BCUT2D eigenvalue weighted by Gasteiger charge is 2.26. The number of allylic oxidation sites excluding steroid dienone is 3. The number of imidazole rings is 1. The van der Waals surface area contributed by atoms with Crippen molar-refractivity contribution < 1.29 is 23.1 Å². The molecule has 0 saturated carbocycles. The van der Waals surface area contributed by atoms with E-state index < -0.39 is 34.7 Å². The fourth-order valence-electron chi connectivity index (χ4n) is 2.04. The first-order valence-corrected chi connectivity index (χ1v) is 7.84. The van der Waals surface area contributed by atoms with Gasteiger partial charge in [-0.2, -0.15) is 0 Å². The monoisotopic (exact) mass is 367 g/mol. The summed E-state index contributed by atoms with van der Waals surface area (Å²) in [5, 5.41) is 0. The first-order chi connectivity index (χ1) is 12.0. The van der Waals surface area contributed by atoms with Crippen molar-refractivity contribution in [2.45, 2.75) is 39.8 Å². The van der Waals surface area contributed by atoms with E-state index >= 15 is 0 Å². The van der Waals surface area contributed by atoms with Crippen molar-refractivity contribution in [3.05, 3.63) is 53.7 Å². The molecule has 0 aliphatic rings. The Morgan fingerprint density at radius 2 is 2.00 bits per heavy atom. The molecule has 0 radical (unpaired) electrons. The minimum Gasteiger partial charge on any atom is -0.455 e. The highest BCUT2D eigenvalue weighted by Crippen LogP contribution is 2.21. The number of likely N-dealkylation sites (N-methyl/N-ethyl adjacent to an activating group) is 1. The molecule has 1 aromatic rings. The van der Waals surface area contributed by atoms with Crippen LogP contribution < -0.4 is 0 Å². The molecular formula is C18H23F2N3O3. The van der Waals surface area contributed by atoms with Gasteiger partial charge in [-0.3, -0.25) is 4.79 Å². The minimum atomic E-state index is -1.03. The number of carbonyl (C=O) groups is 2. The van der Waals surface area contributed by atoms with Gasteiger partial charge in [0.15, 0.2) is 5.69 Å². The van der Waals surface area contributed by atoms with Crippen LogP contribution in [0.25, 0.3) is 0 Å². The lowest BCUT2D eigenvalue weighted by molar-refractivity contribution is -0.126. The van der Waals surface area contributed by atoms with Crippen LogP contribution in [-0.4, -0.2) is 39.4 Å². The Bertz CT molecular complexity index is 754. The molecule has 1 N–H and O–H groups in total. The summed E-state index contributed by atoms with van der Waals surface area (Å²) in [5.74, 6) is -3.54. The zero-order valence-corrected chi connectivity index (χ0v) is 15.5. The summed E-state index contributed by atoms with van der Waals surface area (Å²) in [6.45, 7) is 9.32. The number of ether oxygens (including phenoxy) is 1. The number of aromatic nitrogens is 2. The van der Waals surface area contributed by atoms with Gasteiger partial charge in [-0.05, 0) is 33.8 Å². The van der Waals surface area contributed by atoms with Crippen LogP contribution in [0.2, 0.25) is 0 Å². The molecule has 0 atom stereocenters. The number of hydrogen-bond acceptors (Lipinski definition) is 4. The van der Waals surface area contributed by atoms with Crippen molar-refractivity contribution in [3.8, 4) is 0 Å². The molecule has 0 aliphatic carbocycles. The summed E-state index contributed by atoms with van der Waals surface area (Å²) >= 11 is 0. The van der Waals surface area contributed by atoms with Gasteiger partial charge in [0.05, 0.1) is 18.6 Å². The normalized spacial score (nSPS) is 13.1. The van der Waals surface area contributed by atoms with Crippen molar-refractivity contribution in [3.63, 3.8) is 0 Å². The van der Waals surface area contributed by atoms with Gasteiger partial charge in [-0.25, -0.2) is 18.6 Å². The quantitative estimate of drug-likeness (QED) is 0.473. The van der Waals surface area contributed by atoms with E-state index in [1.165, 1.54) is 13.4 Å². The van der Waals surface area contributed by atoms with E-state index in [0.29, 0.717) is 5.69 Å². The van der Waals surface area contributed by atoms with Crippen LogP contribution >= 0.6 is 0 Å². The summed E-state index contributed by atoms with van der Waals surface area (Å²) in [7, 11) is 1.35. The number of carbonyl (C=O) groups excluding carboxylic acids is 2. The third-order valence-corrected chi connectivity index (χ3v) is 3.11. The molecule has 1 aromatic heterocycles. The lowest BCUT2D eigenvalue weighted by Gasteiger charge is -2.20. The molecule has 0 aliphatic heterocycles. The van der Waals surface area contributed by atoms with Gasteiger partial charge in [0.25, 0.3) is 5.91 Å². The van der Waals surface area contributed by atoms with Crippen molar-refractivity contribution >= 4 is 11.9 Å². The number of esters is 1. The van der Waals surface area contributed by atoms with E-state index in [1.54, 1.807) is 20.8 Å². The standard InChI is InChI=1S/C18H23F2N3O3/c1-7-8-12(20)14(11(2)19)16(24)23(6)9-13-15(22-10-21-13)17(25)26-18(3,4)5/h7-8,10H,1,9H2,2-6H3,(H,21,22). The number of rotatable bonds is 6. The van der Waals surface area contributed by atoms with E-state index in [4.69, 9.17) is 4.74 Å². The molecule has 0 saturated heterocycles. The number of nitrogens with one attached hydrogen (secondary N) is 1. The number of hydrogen-bond donors (Lipinski definition) is 1. The second kappa shape index (κ2) is 8.55. The predicted octanol–water partition coefficient (Wildman–Crippen LogP) is 3.61. The third-order valence-electron chi connectivity index (χ3n) is 3.11. The van der Waals surface area contributed by atoms with Crippen molar-refractivity contribution in [2.75, 3.05) is 7.05 Å². The zero-order valence-electron chi connectivity index (χ0n) is 15.5. The fraction of sp³-hybridized carbons (Fsp3) is 0.389. The molecule has 0 fully saturated rings. The molecule has 1 heterocycles. The summed E-state index contributed by atoms with van der Waals surface area (Å²) in [6.07, 6.45) is 3.29. The Morgan fingerprint density at radius 3 is 2.50 bits per heavy atom. The summed E-state index contributed by atoms with van der Waals surface area (Å²) < 4.78 is 32.8. The minimum absolute atomic E-state index is 0.00387. The largest absolute Gasteiger partial charge is 0.455 e. The highest BCUT2D eigenvalue weighted by atomic mass is 19.1. The van der Waals surface area contributed by atoms with Gasteiger partial charge < -0.3 is 14.6 Å². The summed E-state index contributed by atoms with van der Waals surface area (Å²) in [4.78, 5) is 32.3. The number of H-pyrrole nitrogens is 1. The molecule has 0 unspecified atom stereocenters. The molecule has 1 rings (SSSR count). The summed E-state index contributed by atoms with van der Waals surface area (Å²) in [6, 6.07) is 0. The second-order valence-electron chi connectivity index (χ2n) is 6.55. The van der Waals surface area contributed by atoms with Gasteiger partial charge in [0.1, 0.15) is 22.8 Å². The highest BCUT2D eigenvalue weighted by molar-refractivity contribution is 5.97. The Hall–Kier alpha value is -2.77. The Kier molecular flexibility index (Phi) is 7.00. The van der Waals surface area contributed by atoms with Crippen LogP contribution in [0.4, 0.5) is 8.78 Å². The molecule has 1 amide bonds. The van der Waals surface area contributed by atoms with Gasteiger partial charge in [0, 0.05) is 7.05 Å². The van der Waals surface area contributed by atoms with Crippen molar-refractivity contribution in [1.29, 1.82) is 0 Å². The van der Waals surface area contributed by atoms with Crippen LogP contribution in [0.5, 0.6) is 0 Å². The molecule has 0 bridgehead atoms. The molecule has 6 nitrogen and oxygen atoms in total. The first-order valence-electron chi connectivity index (χ1n) is 7.84. The van der Waals surface area contributed by atoms with E-state index in [-0.39, 0.29) is 12.2 Å². The maximum Gasteiger partial charge on any atom is 0.359 e. The average molecular weight is 367 g/mol. The van der Waals surface area contributed by atoms with Crippen LogP contribution in [-0.2, 0) is 16.1 Å². The Labute approximate surface area is 151 Å². The van der Waals surface area contributed by atoms with Crippen LogP contribution in [0.3, 0.4) is 0 Å². The van der Waals surface area contributed by atoms with Crippen LogP contribution in [0.1, 0.15) is 43.9 Å². The maximum absolute atomic E-state index is 14.0. The lowest BCUT2D eigenvalue weighted by Crippen LogP contribution is -2.30. The topological polar surface area (TPSA) is 75.3 Å². The number of amides is 1. The smallest absolute Gasteiger partial charge is 0.359 e. The molecule has 142 valence electrons. The number of halogens is 2. The molecule has 0 spiro atoms. The van der Waals surface area contributed by atoms with E-state index in [2.05, 4.69) is 16.5 Å². The fourth-order valence-corrected chi connectivity index (χ4v) is 2.04. The maximum atomic E-state index is 14.0. The number of nitrogens with zero attached hydrogens (tertiary/aromatic N) is 2. The third kappa shape index (κ3) is 5.65. The van der Waals surface area contributed by atoms with Crippen molar-refractivity contribution in [2.24, 2.45) is 0 Å². The first kappa shape index (κ1) is 21.3. The van der Waals surface area contributed by atoms with Gasteiger partial charge in [-0.1, -0.05) is 12.7 Å². The SMILES string of the molecule is C=CC=C(F)C(C(=O)N(C)Cc1[nH]cnc1C(=O)OC(C)(C)C)=C(C)F. The molecule has 26 heavy (non-hydrogen) atoms. The lowest BCUT2D eigenvalue weighted by atomic mass is 10.1. The molecule has 8 heteroatoms. The zero-order chi connectivity index (χ0) is 20.1. The Balaban J connectivity index is 3.04. The molecular weight excluding hydrogens is 344 g/mol. The van der Waals surface area contributed by atoms with Gasteiger partial charge >= 0.3 is 5.97 Å². The van der Waals surface area contributed by atoms with E-state index in [9.17, 15) is 18.4 Å². The van der Waals surface area contributed by atoms with E-state index in [1.807, 2.05) is 0 Å². The van der Waals surface area contributed by atoms with Crippen LogP contribution in [0, 0.1) is 0 Å². The Morgan fingerprint density at radius 1 is 1.38 bits per heavy atom. The predicted molar refractivity (Wildman–Crippen MR) is 93.4 cm³/mol. The van der Waals surface area contributed by atoms with Gasteiger partial charge in [-0.15, -0.1) is 0 Å². The second-order valence-corrected chi connectivity index (χ2v) is 6.55. The van der Waals surface area contributed by atoms with Crippen LogP contribution in [0.15, 0.2) is 42.3 Å². The van der Waals surface area contributed by atoms with Crippen molar-refractivity contribution in [1.82, 2.24) is 14.9 Å².